The lowest BCUT2D eigenvalue weighted by atomic mass is 10.2. The number of para-hydroxylation sites is 1. The zero-order valence-electron chi connectivity index (χ0n) is 14.4. The zero-order valence-corrected chi connectivity index (χ0v) is 16.0. The summed E-state index contributed by atoms with van der Waals surface area (Å²) >= 11 is 5.81. The second kappa shape index (κ2) is 8.69. The Kier molecular flexibility index (Phi) is 6.08. The van der Waals surface area contributed by atoms with Crippen molar-refractivity contribution in [2.45, 2.75) is 4.90 Å². The van der Waals surface area contributed by atoms with Crippen LogP contribution in [0, 0.1) is 0 Å². The minimum absolute atomic E-state index is 0.0922. The fourth-order valence-electron chi connectivity index (χ4n) is 2.24. The van der Waals surface area contributed by atoms with Gasteiger partial charge in [0, 0.05) is 10.6 Å². The van der Waals surface area contributed by atoms with Gasteiger partial charge < -0.3 is 4.74 Å². The Hall–Kier alpha value is -3.16. The second-order valence-corrected chi connectivity index (χ2v) is 7.70. The Bertz CT molecular complexity index is 1100. The van der Waals surface area contributed by atoms with Gasteiger partial charge in [-0.25, -0.2) is 9.63 Å². The third-order valence-corrected chi connectivity index (χ3v) is 5.12. The number of sulfonamides is 1. The molecule has 142 valence electrons. The van der Waals surface area contributed by atoms with Crippen LogP contribution in [0.5, 0.6) is 5.75 Å². The van der Waals surface area contributed by atoms with E-state index < -0.39 is 16.0 Å². The molecular weight excluding hydrogens is 400 g/mol. The quantitative estimate of drug-likeness (QED) is 0.287. The number of halogens is 1. The molecule has 0 aromatic heterocycles. The predicted octanol–water partition coefficient (Wildman–Crippen LogP) is 3.87. The molecule has 8 heteroatoms. The number of nitrogens with one attached hydrogen (secondary N) is 1. The monoisotopic (exact) mass is 414 g/mol. The predicted molar refractivity (Wildman–Crippen MR) is 107 cm³/mol. The fraction of sp³-hybridized carbons (Fsp3) is 0. The van der Waals surface area contributed by atoms with Gasteiger partial charge in [-0.1, -0.05) is 41.9 Å². The highest BCUT2D eigenvalue weighted by Gasteiger charge is 2.13. The first kappa shape index (κ1) is 19.6. The van der Waals surface area contributed by atoms with Crippen LogP contribution in [0.2, 0.25) is 5.02 Å². The minimum Gasteiger partial charge on any atom is -0.422 e. The van der Waals surface area contributed by atoms with Crippen molar-refractivity contribution in [3.05, 3.63) is 95.0 Å². The molecule has 0 atom stereocenters. The van der Waals surface area contributed by atoms with Crippen LogP contribution in [0.25, 0.3) is 0 Å². The summed E-state index contributed by atoms with van der Waals surface area (Å²) in [5.41, 5.74) is 0.765. The molecule has 6 nitrogen and oxygen atoms in total. The number of carbonyl (C=O) groups excluding carboxylic acids is 1. The molecule has 0 saturated heterocycles. The molecular formula is C20H15ClN2O4S. The van der Waals surface area contributed by atoms with Gasteiger partial charge in [0.15, 0.2) is 0 Å². The van der Waals surface area contributed by atoms with Gasteiger partial charge in [0.2, 0.25) is 0 Å². The number of rotatable bonds is 6. The number of esters is 1. The Morgan fingerprint density at radius 1 is 0.929 bits per heavy atom. The number of ether oxygens (including phenoxy) is 1. The van der Waals surface area contributed by atoms with E-state index >= 15 is 0 Å². The van der Waals surface area contributed by atoms with E-state index in [1.165, 1.54) is 18.3 Å². The molecule has 0 radical (unpaired) electrons. The van der Waals surface area contributed by atoms with Crippen LogP contribution in [0.1, 0.15) is 15.9 Å². The maximum Gasteiger partial charge on any atom is 0.343 e. The molecule has 0 aliphatic carbocycles. The van der Waals surface area contributed by atoms with Crippen LogP contribution in [0.4, 0.5) is 0 Å². The van der Waals surface area contributed by atoms with E-state index in [1.807, 2.05) is 0 Å². The van der Waals surface area contributed by atoms with Gasteiger partial charge in [0.1, 0.15) is 5.75 Å². The first-order chi connectivity index (χ1) is 13.5. The van der Waals surface area contributed by atoms with Crippen molar-refractivity contribution in [1.29, 1.82) is 0 Å². The summed E-state index contributed by atoms with van der Waals surface area (Å²) in [5, 5.41) is 4.28. The normalized spacial score (nSPS) is 11.3. The summed E-state index contributed by atoms with van der Waals surface area (Å²) in [7, 11) is -3.78. The Balaban J connectivity index is 1.74. The molecule has 3 rings (SSSR count). The third kappa shape index (κ3) is 4.97. The summed E-state index contributed by atoms with van der Waals surface area (Å²) in [6.07, 6.45) is 1.27. The highest BCUT2D eigenvalue weighted by Crippen LogP contribution is 2.18. The van der Waals surface area contributed by atoms with Gasteiger partial charge in [-0.3, -0.25) is 0 Å². The molecule has 28 heavy (non-hydrogen) atoms. The van der Waals surface area contributed by atoms with Crippen molar-refractivity contribution in [2.24, 2.45) is 5.10 Å². The molecule has 0 aliphatic heterocycles. The van der Waals surface area contributed by atoms with Gasteiger partial charge in [0.25, 0.3) is 10.0 Å². The van der Waals surface area contributed by atoms with Crippen LogP contribution >= 0.6 is 11.6 Å². The van der Waals surface area contributed by atoms with Crippen molar-refractivity contribution < 1.29 is 17.9 Å². The molecule has 0 fully saturated rings. The van der Waals surface area contributed by atoms with Crippen LogP contribution in [0.15, 0.2) is 88.9 Å². The van der Waals surface area contributed by atoms with E-state index in [4.69, 9.17) is 16.3 Å². The number of carbonyl (C=O) groups is 1. The van der Waals surface area contributed by atoms with Crippen molar-refractivity contribution >= 4 is 33.8 Å². The van der Waals surface area contributed by atoms with Gasteiger partial charge in [-0.2, -0.15) is 13.5 Å². The molecule has 3 aromatic carbocycles. The molecule has 0 bridgehead atoms. The lowest BCUT2D eigenvalue weighted by Crippen LogP contribution is -2.18. The van der Waals surface area contributed by atoms with E-state index in [0.717, 1.165) is 0 Å². The summed E-state index contributed by atoms with van der Waals surface area (Å²) in [6.45, 7) is 0. The van der Waals surface area contributed by atoms with Crippen molar-refractivity contribution in [3.8, 4) is 5.75 Å². The summed E-state index contributed by atoms with van der Waals surface area (Å²) in [5.74, 6) is -0.326. The first-order valence-electron chi connectivity index (χ1n) is 8.12. The third-order valence-electron chi connectivity index (χ3n) is 3.63. The van der Waals surface area contributed by atoms with Crippen molar-refractivity contribution in [3.63, 3.8) is 0 Å². The fourth-order valence-corrected chi connectivity index (χ4v) is 3.18. The topological polar surface area (TPSA) is 84.8 Å². The molecule has 0 aliphatic rings. The molecule has 3 aromatic rings. The Morgan fingerprint density at radius 3 is 2.29 bits per heavy atom. The average Bonchev–Trinajstić information content (AvgIpc) is 2.70. The van der Waals surface area contributed by atoms with Crippen LogP contribution in [0.3, 0.4) is 0 Å². The standard InChI is InChI=1S/C20H15ClN2O4S/c21-17-12-10-15(11-13-17)20(24)27-19-9-5-4-6-16(19)14-22-23-28(25,26)18-7-2-1-3-8-18/h1-14,23H. The molecule has 0 unspecified atom stereocenters. The van der Waals surface area contributed by atoms with E-state index in [9.17, 15) is 13.2 Å². The average molecular weight is 415 g/mol. The lowest BCUT2D eigenvalue weighted by molar-refractivity contribution is 0.0734. The minimum atomic E-state index is -3.78. The molecule has 0 saturated carbocycles. The first-order valence-corrected chi connectivity index (χ1v) is 9.98. The summed E-state index contributed by atoms with van der Waals surface area (Å²) < 4.78 is 29.7. The maximum absolute atomic E-state index is 12.3. The molecule has 1 N–H and O–H groups in total. The second-order valence-electron chi connectivity index (χ2n) is 5.60. The molecule has 0 amide bonds. The number of nitrogens with zero attached hydrogens (tertiary/aromatic N) is 1. The number of hydrogen-bond donors (Lipinski definition) is 1. The van der Waals surface area contributed by atoms with Gasteiger partial charge >= 0.3 is 5.97 Å². The van der Waals surface area contributed by atoms with E-state index in [0.29, 0.717) is 16.1 Å². The molecule has 0 heterocycles. The zero-order chi connectivity index (χ0) is 20.0. The summed E-state index contributed by atoms with van der Waals surface area (Å²) in [4.78, 5) is 14.5. The van der Waals surface area contributed by atoms with E-state index in [-0.39, 0.29) is 10.6 Å². The smallest absolute Gasteiger partial charge is 0.343 e. The van der Waals surface area contributed by atoms with E-state index in [2.05, 4.69) is 9.93 Å². The SMILES string of the molecule is O=C(Oc1ccccc1C=NNS(=O)(=O)c1ccccc1)c1ccc(Cl)cc1. The van der Waals surface area contributed by atoms with Crippen LogP contribution < -0.4 is 9.57 Å². The largest absolute Gasteiger partial charge is 0.422 e. The number of benzene rings is 3. The Labute approximate surface area is 167 Å². The molecule has 0 spiro atoms. The van der Waals surface area contributed by atoms with E-state index in [1.54, 1.807) is 66.7 Å². The lowest BCUT2D eigenvalue weighted by Gasteiger charge is -2.07. The van der Waals surface area contributed by atoms with Gasteiger partial charge in [-0.15, -0.1) is 0 Å². The van der Waals surface area contributed by atoms with Crippen LogP contribution in [-0.4, -0.2) is 20.6 Å². The maximum atomic E-state index is 12.3. The Morgan fingerprint density at radius 2 is 1.57 bits per heavy atom. The highest BCUT2D eigenvalue weighted by atomic mass is 35.5. The van der Waals surface area contributed by atoms with Gasteiger partial charge in [0.05, 0.1) is 16.7 Å². The van der Waals surface area contributed by atoms with Crippen molar-refractivity contribution in [2.75, 3.05) is 0 Å². The number of hydrogen-bond acceptors (Lipinski definition) is 5. The summed E-state index contributed by atoms with van der Waals surface area (Å²) in [6, 6.07) is 20.8. The van der Waals surface area contributed by atoms with Gasteiger partial charge in [-0.05, 0) is 48.5 Å². The van der Waals surface area contributed by atoms with Crippen molar-refractivity contribution in [1.82, 2.24) is 4.83 Å². The number of hydrazone groups is 1. The van der Waals surface area contributed by atoms with Crippen LogP contribution in [-0.2, 0) is 10.0 Å². The highest BCUT2D eigenvalue weighted by molar-refractivity contribution is 7.89.